The molecule has 2 heterocycles. The topological polar surface area (TPSA) is 76.7 Å². The average Bonchev–Trinajstić information content (AvgIpc) is 3.02. The van der Waals surface area contributed by atoms with Gasteiger partial charge in [0.2, 0.25) is 12.0 Å². The standard InChI is InChI=1S/C16H15ClN2O4S/c17-10-7-11(24-9-10)5-6-15(20)18-19-16(21)14-8-22-12-3-1-2-4-13(12)23-14/h1-4,7,9,14H,5-6,8H2,(H,18,20)(H,19,21). The van der Waals surface area contributed by atoms with Gasteiger partial charge < -0.3 is 9.47 Å². The van der Waals surface area contributed by atoms with Crippen molar-refractivity contribution >= 4 is 34.8 Å². The number of carbonyl (C=O) groups is 2. The van der Waals surface area contributed by atoms with Gasteiger partial charge in [-0.2, -0.15) is 0 Å². The number of carbonyl (C=O) groups excluding carboxylic acids is 2. The number of rotatable bonds is 4. The van der Waals surface area contributed by atoms with Gasteiger partial charge in [0.1, 0.15) is 6.61 Å². The summed E-state index contributed by atoms with van der Waals surface area (Å²) in [5.74, 6) is 0.354. The van der Waals surface area contributed by atoms with Crippen molar-refractivity contribution in [3.63, 3.8) is 0 Å². The van der Waals surface area contributed by atoms with E-state index in [0.717, 1.165) is 4.88 Å². The number of halogens is 1. The summed E-state index contributed by atoms with van der Waals surface area (Å²) in [5, 5.41) is 2.48. The van der Waals surface area contributed by atoms with Gasteiger partial charge in [-0.3, -0.25) is 20.4 Å². The minimum absolute atomic E-state index is 0.0897. The first kappa shape index (κ1) is 16.6. The summed E-state index contributed by atoms with van der Waals surface area (Å²) in [7, 11) is 0. The Balaban J connectivity index is 1.43. The number of fused-ring (bicyclic) bond motifs is 1. The Morgan fingerprint density at radius 2 is 2.04 bits per heavy atom. The second-order valence-electron chi connectivity index (χ2n) is 5.13. The second-order valence-corrected chi connectivity index (χ2v) is 6.57. The Morgan fingerprint density at radius 3 is 2.79 bits per heavy atom. The lowest BCUT2D eigenvalue weighted by Gasteiger charge is -2.25. The fourth-order valence-electron chi connectivity index (χ4n) is 2.14. The highest BCUT2D eigenvalue weighted by Gasteiger charge is 2.27. The molecule has 24 heavy (non-hydrogen) atoms. The van der Waals surface area contributed by atoms with Gasteiger partial charge in [0.15, 0.2) is 11.5 Å². The van der Waals surface area contributed by atoms with Crippen molar-refractivity contribution < 1.29 is 19.1 Å². The quantitative estimate of drug-likeness (QED) is 0.814. The molecule has 2 amide bonds. The van der Waals surface area contributed by atoms with Crippen molar-refractivity contribution in [2.45, 2.75) is 18.9 Å². The average molecular weight is 367 g/mol. The molecule has 1 unspecified atom stereocenters. The summed E-state index contributed by atoms with van der Waals surface area (Å²) < 4.78 is 11.0. The van der Waals surface area contributed by atoms with E-state index in [4.69, 9.17) is 21.1 Å². The molecule has 0 fully saturated rings. The van der Waals surface area contributed by atoms with Crippen molar-refractivity contribution in [2.75, 3.05) is 6.61 Å². The van der Waals surface area contributed by atoms with E-state index in [9.17, 15) is 9.59 Å². The van der Waals surface area contributed by atoms with Crippen LogP contribution < -0.4 is 20.3 Å². The number of hydrazine groups is 1. The maximum absolute atomic E-state index is 12.0. The van der Waals surface area contributed by atoms with Gasteiger partial charge in [0.25, 0.3) is 5.91 Å². The van der Waals surface area contributed by atoms with E-state index in [1.165, 1.54) is 11.3 Å². The van der Waals surface area contributed by atoms with E-state index in [1.807, 2.05) is 17.5 Å². The van der Waals surface area contributed by atoms with E-state index in [2.05, 4.69) is 10.9 Å². The Bertz CT molecular complexity index is 749. The summed E-state index contributed by atoms with van der Waals surface area (Å²) in [6.07, 6.45) is 0.00797. The molecule has 0 bridgehead atoms. The number of benzene rings is 1. The Hall–Kier alpha value is -2.25. The minimum Gasteiger partial charge on any atom is -0.485 e. The molecule has 0 aliphatic carbocycles. The third-order valence-corrected chi connectivity index (χ3v) is 4.69. The van der Waals surface area contributed by atoms with Crippen LogP contribution in [0, 0.1) is 0 Å². The van der Waals surface area contributed by atoms with Gasteiger partial charge in [-0.15, -0.1) is 11.3 Å². The third kappa shape index (κ3) is 4.18. The first-order valence-corrected chi connectivity index (χ1v) is 8.57. The van der Waals surface area contributed by atoms with Crippen molar-refractivity contribution in [3.05, 3.63) is 45.6 Å². The highest BCUT2D eigenvalue weighted by Crippen LogP contribution is 2.30. The van der Waals surface area contributed by atoms with Crippen molar-refractivity contribution in [1.29, 1.82) is 0 Å². The summed E-state index contributed by atoms with van der Waals surface area (Å²) in [4.78, 5) is 24.8. The fourth-order valence-corrected chi connectivity index (χ4v) is 3.22. The highest BCUT2D eigenvalue weighted by atomic mass is 35.5. The SMILES string of the molecule is O=C(CCc1cc(Cl)cs1)NNC(=O)C1COc2ccccc2O1. The lowest BCUT2D eigenvalue weighted by molar-refractivity contribution is -0.135. The normalized spacial score (nSPS) is 15.6. The van der Waals surface area contributed by atoms with Crippen molar-refractivity contribution in [1.82, 2.24) is 10.9 Å². The van der Waals surface area contributed by atoms with E-state index in [1.54, 1.807) is 18.2 Å². The summed E-state index contributed by atoms with van der Waals surface area (Å²) in [6.45, 7) is 0.0897. The molecule has 3 rings (SSSR count). The largest absolute Gasteiger partial charge is 0.485 e. The van der Waals surface area contributed by atoms with Crippen LogP contribution >= 0.6 is 22.9 Å². The van der Waals surface area contributed by atoms with E-state index in [-0.39, 0.29) is 18.9 Å². The number of ether oxygens (including phenoxy) is 2. The third-order valence-electron chi connectivity index (χ3n) is 3.35. The van der Waals surface area contributed by atoms with E-state index in [0.29, 0.717) is 22.9 Å². The zero-order valence-electron chi connectivity index (χ0n) is 12.6. The van der Waals surface area contributed by atoms with Crippen LogP contribution in [-0.2, 0) is 16.0 Å². The molecule has 2 N–H and O–H groups in total. The molecular weight excluding hydrogens is 352 g/mol. The lowest BCUT2D eigenvalue weighted by Crippen LogP contribution is -2.50. The smallest absolute Gasteiger partial charge is 0.283 e. The molecule has 1 atom stereocenters. The molecule has 1 aromatic heterocycles. The van der Waals surface area contributed by atoms with E-state index < -0.39 is 12.0 Å². The number of hydrogen-bond acceptors (Lipinski definition) is 5. The van der Waals surface area contributed by atoms with Crippen LogP contribution in [0.5, 0.6) is 11.5 Å². The van der Waals surface area contributed by atoms with Crippen molar-refractivity contribution in [2.24, 2.45) is 0 Å². The fraction of sp³-hybridized carbons (Fsp3) is 0.250. The molecule has 6 nitrogen and oxygen atoms in total. The molecule has 0 saturated carbocycles. The summed E-state index contributed by atoms with van der Waals surface area (Å²) in [5.41, 5.74) is 4.74. The van der Waals surface area contributed by atoms with Crippen molar-refractivity contribution in [3.8, 4) is 11.5 Å². The van der Waals surface area contributed by atoms with Gasteiger partial charge in [0, 0.05) is 16.7 Å². The predicted molar refractivity (Wildman–Crippen MR) is 90.3 cm³/mol. The van der Waals surface area contributed by atoms with Crippen LogP contribution in [0.25, 0.3) is 0 Å². The van der Waals surface area contributed by atoms with Crippen LogP contribution in [0.2, 0.25) is 5.02 Å². The lowest BCUT2D eigenvalue weighted by atomic mass is 10.2. The first-order chi connectivity index (χ1) is 11.6. The number of para-hydroxylation sites is 2. The minimum atomic E-state index is -0.809. The van der Waals surface area contributed by atoms with Crippen LogP contribution in [0.3, 0.4) is 0 Å². The molecule has 1 aliphatic heterocycles. The first-order valence-electron chi connectivity index (χ1n) is 7.32. The monoisotopic (exact) mass is 366 g/mol. The van der Waals surface area contributed by atoms with Crippen LogP contribution in [0.15, 0.2) is 35.7 Å². The Morgan fingerprint density at radius 1 is 1.25 bits per heavy atom. The maximum atomic E-state index is 12.0. The predicted octanol–water partition coefficient (Wildman–Crippen LogP) is 2.32. The van der Waals surface area contributed by atoms with Gasteiger partial charge >= 0.3 is 0 Å². The molecule has 1 aromatic carbocycles. The summed E-state index contributed by atoms with van der Waals surface area (Å²) in [6, 6.07) is 8.93. The Kier molecular flexibility index (Phi) is 5.22. The summed E-state index contributed by atoms with van der Waals surface area (Å²) >= 11 is 7.32. The van der Waals surface area contributed by atoms with E-state index >= 15 is 0 Å². The van der Waals surface area contributed by atoms with Crippen LogP contribution in [-0.4, -0.2) is 24.5 Å². The second kappa shape index (κ2) is 7.55. The number of thiophene rings is 1. The highest BCUT2D eigenvalue weighted by molar-refractivity contribution is 7.10. The molecular formula is C16H15ClN2O4S. The molecule has 0 radical (unpaired) electrons. The zero-order valence-corrected chi connectivity index (χ0v) is 14.2. The number of nitrogens with one attached hydrogen (secondary N) is 2. The zero-order chi connectivity index (χ0) is 16.9. The molecule has 126 valence electrons. The Labute approximate surface area is 147 Å². The number of amides is 2. The molecule has 1 aliphatic rings. The number of aryl methyl sites for hydroxylation is 1. The molecule has 2 aromatic rings. The van der Waals surface area contributed by atoms with Crippen LogP contribution in [0.1, 0.15) is 11.3 Å². The molecule has 0 spiro atoms. The maximum Gasteiger partial charge on any atom is 0.283 e. The molecule has 0 saturated heterocycles. The van der Waals surface area contributed by atoms with Gasteiger partial charge in [-0.1, -0.05) is 23.7 Å². The molecule has 8 heteroatoms. The van der Waals surface area contributed by atoms with Crippen LogP contribution in [0.4, 0.5) is 0 Å². The van der Waals surface area contributed by atoms with Gasteiger partial charge in [-0.05, 0) is 24.6 Å². The van der Waals surface area contributed by atoms with Gasteiger partial charge in [-0.25, -0.2) is 0 Å². The van der Waals surface area contributed by atoms with Gasteiger partial charge in [0.05, 0.1) is 5.02 Å². The number of hydrogen-bond donors (Lipinski definition) is 2.